The number of rotatable bonds is 6. The quantitative estimate of drug-likeness (QED) is 0.388. The minimum absolute atomic E-state index is 0. The fraction of sp³-hybridized carbons (Fsp3) is 0.533. The van der Waals surface area contributed by atoms with E-state index in [-0.39, 0.29) is 36.5 Å². The van der Waals surface area contributed by atoms with Gasteiger partial charge in [0.2, 0.25) is 0 Å². The standard InChI is InChI=1S/C15H23Cl2N3O.HI/c1-4-18-15(19-8-11(2)10-21)20(3)9-12-5-6-13(16)14(17)7-12;/h5-7,11,21H,4,8-10H2,1-3H3,(H,18,19);1H. The molecule has 7 heteroatoms. The number of aliphatic hydroxyl groups excluding tert-OH is 1. The van der Waals surface area contributed by atoms with Crippen LogP contribution in [0.5, 0.6) is 0 Å². The maximum atomic E-state index is 9.08. The van der Waals surface area contributed by atoms with Crippen molar-refractivity contribution in [3.05, 3.63) is 33.8 Å². The zero-order valence-corrected chi connectivity index (χ0v) is 17.0. The Morgan fingerprint density at radius 1 is 1.36 bits per heavy atom. The molecule has 1 atom stereocenters. The van der Waals surface area contributed by atoms with Gasteiger partial charge < -0.3 is 15.3 Å². The van der Waals surface area contributed by atoms with Crippen LogP contribution in [0.15, 0.2) is 23.2 Å². The third kappa shape index (κ3) is 7.35. The highest BCUT2D eigenvalue weighted by molar-refractivity contribution is 14.0. The summed E-state index contributed by atoms with van der Waals surface area (Å²) >= 11 is 12.0. The van der Waals surface area contributed by atoms with Crippen LogP contribution in [-0.2, 0) is 6.54 Å². The van der Waals surface area contributed by atoms with Gasteiger partial charge in [-0.05, 0) is 30.5 Å². The Kier molecular flexibility index (Phi) is 11.2. The first-order valence-corrected chi connectivity index (χ1v) is 7.77. The molecule has 1 rings (SSSR count). The number of hydrogen-bond acceptors (Lipinski definition) is 2. The molecule has 0 bridgehead atoms. The fourth-order valence-electron chi connectivity index (χ4n) is 1.76. The summed E-state index contributed by atoms with van der Waals surface area (Å²) in [6, 6.07) is 5.61. The van der Waals surface area contributed by atoms with Crippen LogP contribution in [-0.4, -0.2) is 42.7 Å². The van der Waals surface area contributed by atoms with Crippen molar-refractivity contribution in [3.8, 4) is 0 Å². The Morgan fingerprint density at radius 2 is 2.05 bits per heavy atom. The molecule has 126 valence electrons. The topological polar surface area (TPSA) is 47.9 Å². The minimum Gasteiger partial charge on any atom is -0.396 e. The fourth-order valence-corrected chi connectivity index (χ4v) is 2.08. The third-order valence-corrected chi connectivity index (χ3v) is 3.70. The molecule has 1 unspecified atom stereocenters. The van der Waals surface area contributed by atoms with Crippen LogP contribution in [0.2, 0.25) is 10.0 Å². The molecule has 0 aliphatic rings. The lowest BCUT2D eigenvalue weighted by Gasteiger charge is -2.22. The SMILES string of the molecule is CCNC(=NCC(C)CO)N(C)Cc1ccc(Cl)c(Cl)c1.I. The molecule has 4 nitrogen and oxygen atoms in total. The Bertz CT molecular complexity index is 486. The van der Waals surface area contributed by atoms with E-state index in [1.807, 2.05) is 37.9 Å². The average molecular weight is 460 g/mol. The van der Waals surface area contributed by atoms with Crippen LogP contribution in [0.4, 0.5) is 0 Å². The van der Waals surface area contributed by atoms with Gasteiger partial charge in [0.1, 0.15) is 0 Å². The number of hydrogen-bond donors (Lipinski definition) is 2. The summed E-state index contributed by atoms with van der Waals surface area (Å²) in [7, 11) is 1.97. The monoisotopic (exact) mass is 459 g/mol. The van der Waals surface area contributed by atoms with Crippen molar-refractivity contribution >= 4 is 53.1 Å². The first-order valence-electron chi connectivity index (χ1n) is 7.02. The molecule has 22 heavy (non-hydrogen) atoms. The maximum Gasteiger partial charge on any atom is 0.193 e. The van der Waals surface area contributed by atoms with Crippen LogP contribution in [0.3, 0.4) is 0 Å². The lowest BCUT2D eigenvalue weighted by atomic mass is 10.2. The molecule has 1 aromatic rings. The van der Waals surface area contributed by atoms with Gasteiger partial charge in [0.15, 0.2) is 5.96 Å². The molecular formula is C15H24Cl2IN3O. The molecule has 2 N–H and O–H groups in total. The summed E-state index contributed by atoms with van der Waals surface area (Å²) in [6.45, 7) is 6.18. The van der Waals surface area contributed by atoms with Gasteiger partial charge in [0, 0.05) is 33.3 Å². The summed E-state index contributed by atoms with van der Waals surface area (Å²) in [5.41, 5.74) is 1.06. The van der Waals surface area contributed by atoms with Crippen LogP contribution >= 0.6 is 47.2 Å². The first kappa shape index (κ1) is 21.8. The van der Waals surface area contributed by atoms with E-state index in [0.29, 0.717) is 23.1 Å². The predicted molar refractivity (Wildman–Crippen MR) is 106 cm³/mol. The van der Waals surface area contributed by atoms with Gasteiger partial charge in [-0.25, -0.2) is 0 Å². The van der Waals surface area contributed by atoms with E-state index in [4.69, 9.17) is 28.3 Å². The summed E-state index contributed by atoms with van der Waals surface area (Å²) in [4.78, 5) is 6.55. The van der Waals surface area contributed by atoms with Crippen LogP contribution in [0.1, 0.15) is 19.4 Å². The Labute approximate surface area is 159 Å². The molecule has 0 saturated carbocycles. The minimum atomic E-state index is 0. The first-order chi connectivity index (χ1) is 9.97. The second-order valence-corrected chi connectivity index (χ2v) is 5.90. The lowest BCUT2D eigenvalue weighted by molar-refractivity contribution is 0.241. The second-order valence-electron chi connectivity index (χ2n) is 5.09. The van der Waals surface area contributed by atoms with E-state index in [1.54, 1.807) is 6.07 Å². The van der Waals surface area contributed by atoms with E-state index >= 15 is 0 Å². The normalized spacial score (nSPS) is 12.5. The van der Waals surface area contributed by atoms with Gasteiger partial charge in [0.25, 0.3) is 0 Å². The van der Waals surface area contributed by atoms with Crippen molar-refractivity contribution < 1.29 is 5.11 Å². The van der Waals surface area contributed by atoms with Gasteiger partial charge in [-0.2, -0.15) is 0 Å². The number of benzene rings is 1. The predicted octanol–water partition coefficient (Wildman–Crippen LogP) is 3.64. The molecular weight excluding hydrogens is 436 g/mol. The molecule has 0 aliphatic heterocycles. The van der Waals surface area contributed by atoms with E-state index in [2.05, 4.69) is 10.3 Å². The van der Waals surface area contributed by atoms with Crippen LogP contribution in [0, 0.1) is 5.92 Å². The molecule has 0 heterocycles. The van der Waals surface area contributed by atoms with E-state index < -0.39 is 0 Å². The smallest absolute Gasteiger partial charge is 0.193 e. The Hall–Kier alpha value is -0.240. The lowest BCUT2D eigenvalue weighted by Crippen LogP contribution is -2.38. The Morgan fingerprint density at radius 3 is 2.59 bits per heavy atom. The second kappa shape index (κ2) is 11.3. The number of nitrogens with zero attached hydrogens (tertiary/aromatic N) is 2. The van der Waals surface area contributed by atoms with Crippen molar-refractivity contribution in [1.82, 2.24) is 10.2 Å². The largest absolute Gasteiger partial charge is 0.396 e. The zero-order valence-electron chi connectivity index (χ0n) is 13.1. The van der Waals surface area contributed by atoms with Gasteiger partial charge in [0.05, 0.1) is 10.0 Å². The van der Waals surface area contributed by atoms with Crippen molar-refractivity contribution in [3.63, 3.8) is 0 Å². The van der Waals surface area contributed by atoms with Crippen molar-refractivity contribution in [1.29, 1.82) is 0 Å². The number of aliphatic imine (C=N–C) groups is 1. The van der Waals surface area contributed by atoms with Gasteiger partial charge in [-0.3, -0.25) is 4.99 Å². The third-order valence-electron chi connectivity index (χ3n) is 2.96. The van der Waals surface area contributed by atoms with Gasteiger partial charge in [-0.1, -0.05) is 36.2 Å². The van der Waals surface area contributed by atoms with Gasteiger partial charge in [-0.15, -0.1) is 24.0 Å². The molecule has 0 saturated heterocycles. The average Bonchev–Trinajstić information content (AvgIpc) is 2.46. The molecule has 0 radical (unpaired) electrons. The van der Waals surface area contributed by atoms with E-state index in [1.165, 1.54) is 0 Å². The molecule has 0 aliphatic carbocycles. The van der Waals surface area contributed by atoms with Gasteiger partial charge >= 0.3 is 0 Å². The number of nitrogens with one attached hydrogen (secondary N) is 1. The highest BCUT2D eigenvalue weighted by atomic mass is 127. The Balaban J connectivity index is 0.00000441. The van der Waals surface area contributed by atoms with Crippen molar-refractivity contribution in [2.75, 3.05) is 26.7 Å². The zero-order chi connectivity index (χ0) is 15.8. The van der Waals surface area contributed by atoms with Crippen LogP contribution in [0.25, 0.3) is 0 Å². The maximum absolute atomic E-state index is 9.08. The molecule has 0 amide bonds. The molecule has 0 spiro atoms. The highest BCUT2D eigenvalue weighted by Gasteiger charge is 2.08. The number of halogens is 3. The van der Waals surface area contributed by atoms with Crippen molar-refractivity contribution in [2.24, 2.45) is 10.9 Å². The summed E-state index contributed by atoms with van der Waals surface area (Å²) in [5.74, 6) is 0.959. The van der Waals surface area contributed by atoms with E-state index in [9.17, 15) is 0 Å². The highest BCUT2D eigenvalue weighted by Crippen LogP contribution is 2.23. The summed E-state index contributed by atoms with van der Waals surface area (Å²) < 4.78 is 0. The summed E-state index contributed by atoms with van der Waals surface area (Å²) in [6.07, 6.45) is 0. The molecule has 0 aromatic heterocycles. The van der Waals surface area contributed by atoms with E-state index in [0.717, 1.165) is 18.1 Å². The molecule has 0 fully saturated rings. The number of guanidine groups is 1. The molecule has 1 aromatic carbocycles. The van der Waals surface area contributed by atoms with Crippen molar-refractivity contribution in [2.45, 2.75) is 20.4 Å². The van der Waals surface area contributed by atoms with Crippen LogP contribution < -0.4 is 5.32 Å². The number of aliphatic hydroxyl groups is 1. The summed E-state index contributed by atoms with van der Waals surface area (Å²) in [5, 5.41) is 13.4.